The molecule has 0 bridgehead atoms. The maximum atomic E-state index is 11.9. The first kappa shape index (κ1) is 19.3. The van der Waals surface area contributed by atoms with Crippen LogP contribution in [0.3, 0.4) is 0 Å². The van der Waals surface area contributed by atoms with Crippen LogP contribution in [0.4, 0.5) is 5.69 Å². The molecule has 26 heavy (non-hydrogen) atoms. The molecule has 140 valence electrons. The zero-order valence-electron chi connectivity index (χ0n) is 14.1. The lowest BCUT2D eigenvalue weighted by molar-refractivity contribution is -0.134. The van der Waals surface area contributed by atoms with E-state index < -0.39 is 23.7 Å². The van der Waals surface area contributed by atoms with Crippen molar-refractivity contribution in [2.24, 2.45) is 23.5 Å². The highest BCUT2D eigenvalue weighted by Gasteiger charge is 2.37. The fourth-order valence-electron chi connectivity index (χ4n) is 2.83. The highest BCUT2D eigenvalue weighted by Crippen LogP contribution is 2.24. The van der Waals surface area contributed by atoms with Gasteiger partial charge in [0.05, 0.1) is 0 Å². The van der Waals surface area contributed by atoms with Crippen molar-refractivity contribution >= 4 is 29.3 Å². The number of amides is 4. The third-order valence-corrected chi connectivity index (χ3v) is 4.24. The zero-order chi connectivity index (χ0) is 19.1. The predicted octanol–water partition coefficient (Wildman–Crippen LogP) is -1.86. The number of para-hydroxylation sites is 1. The molecule has 2 aliphatic heterocycles. The number of hydrazine groups is 2. The summed E-state index contributed by atoms with van der Waals surface area (Å²) in [7, 11) is 0. The van der Waals surface area contributed by atoms with Crippen LogP contribution in [0.1, 0.15) is 12.8 Å². The molecule has 1 aromatic carbocycles. The Labute approximate surface area is 150 Å². The molecule has 10 nitrogen and oxygen atoms in total. The van der Waals surface area contributed by atoms with E-state index in [0.717, 1.165) is 5.69 Å². The van der Waals surface area contributed by atoms with Gasteiger partial charge in [-0.1, -0.05) is 18.2 Å². The Morgan fingerprint density at radius 1 is 1.00 bits per heavy atom. The van der Waals surface area contributed by atoms with E-state index in [4.69, 9.17) is 11.7 Å². The van der Waals surface area contributed by atoms with Gasteiger partial charge in [-0.15, -0.1) is 0 Å². The fraction of sp³-hybridized carbons (Fsp3) is 0.375. The van der Waals surface area contributed by atoms with Gasteiger partial charge in [0.1, 0.15) is 11.8 Å². The fourth-order valence-corrected chi connectivity index (χ4v) is 2.83. The number of nitrogens with zero attached hydrogens (tertiary/aromatic N) is 1. The van der Waals surface area contributed by atoms with Gasteiger partial charge in [0.25, 0.3) is 0 Å². The van der Waals surface area contributed by atoms with E-state index in [1.54, 1.807) is 4.90 Å². The minimum Gasteiger partial charge on any atom is -0.355 e. The Kier molecular flexibility index (Phi) is 6.64. The summed E-state index contributed by atoms with van der Waals surface area (Å²) in [6.45, 7) is 1.12. The van der Waals surface area contributed by atoms with Gasteiger partial charge in [-0.3, -0.25) is 30.0 Å². The molecule has 2 saturated heterocycles. The van der Waals surface area contributed by atoms with Crippen LogP contribution in [0.2, 0.25) is 0 Å². The molecule has 2 unspecified atom stereocenters. The van der Waals surface area contributed by atoms with Crippen molar-refractivity contribution in [1.82, 2.24) is 16.2 Å². The lowest BCUT2D eigenvalue weighted by Gasteiger charge is -2.16. The van der Waals surface area contributed by atoms with E-state index in [1.807, 2.05) is 41.2 Å². The van der Waals surface area contributed by atoms with Gasteiger partial charge < -0.3 is 10.2 Å². The van der Waals surface area contributed by atoms with Gasteiger partial charge >= 0.3 is 0 Å². The van der Waals surface area contributed by atoms with Gasteiger partial charge in [0.2, 0.25) is 23.6 Å². The lowest BCUT2D eigenvalue weighted by atomic mass is 10.1. The van der Waals surface area contributed by atoms with Crippen LogP contribution >= 0.6 is 0 Å². The maximum Gasteiger partial charge on any atom is 0.246 e. The minimum absolute atomic E-state index is 0.186. The number of anilines is 1. The molecule has 0 aromatic heterocycles. The van der Waals surface area contributed by atoms with Crippen molar-refractivity contribution in [3.8, 4) is 0 Å². The van der Waals surface area contributed by atoms with Crippen LogP contribution in [0.15, 0.2) is 30.3 Å². The van der Waals surface area contributed by atoms with Gasteiger partial charge in [0.15, 0.2) is 0 Å². The molecule has 3 rings (SSSR count). The average molecular weight is 362 g/mol. The number of carbonyl (C=O) groups is 4. The molecule has 4 amide bonds. The maximum absolute atomic E-state index is 11.9. The van der Waals surface area contributed by atoms with Crippen LogP contribution in [0, 0.1) is 11.8 Å². The molecule has 7 N–H and O–H groups in total. The summed E-state index contributed by atoms with van der Waals surface area (Å²) in [5, 5.41) is 2.53. The molecule has 2 heterocycles. The smallest absolute Gasteiger partial charge is 0.246 e. The normalized spacial score (nSPS) is 21.5. The molecule has 0 radical (unpaired) electrons. The number of benzene rings is 1. The zero-order valence-corrected chi connectivity index (χ0v) is 14.1. The highest BCUT2D eigenvalue weighted by atomic mass is 16.2. The van der Waals surface area contributed by atoms with Crippen molar-refractivity contribution in [1.29, 1.82) is 0 Å². The van der Waals surface area contributed by atoms with Crippen LogP contribution in [0.25, 0.3) is 0 Å². The molecule has 0 aliphatic carbocycles. The summed E-state index contributed by atoms with van der Waals surface area (Å²) in [6, 6.07) is 9.30. The molecule has 2 atom stereocenters. The van der Waals surface area contributed by atoms with Gasteiger partial charge in [-0.2, -0.15) is 0 Å². The van der Waals surface area contributed by atoms with E-state index in [-0.39, 0.29) is 11.8 Å². The summed E-state index contributed by atoms with van der Waals surface area (Å²) in [5.41, 5.74) is 4.78. The van der Waals surface area contributed by atoms with E-state index in [1.165, 1.54) is 0 Å². The minimum atomic E-state index is -0.648. The molecular weight excluding hydrogens is 340 g/mol. The van der Waals surface area contributed by atoms with Crippen molar-refractivity contribution in [2.75, 3.05) is 18.0 Å². The number of hydrogen-bond donors (Lipinski definition) is 5. The molecule has 0 spiro atoms. The molecule has 2 fully saturated rings. The van der Waals surface area contributed by atoms with E-state index in [0.29, 0.717) is 25.9 Å². The summed E-state index contributed by atoms with van der Waals surface area (Å²) in [6.07, 6.45) is 1.05. The van der Waals surface area contributed by atoms with Crippen LogP contribution in [-0.2, 0) is 19.2 Å². The number of carbonyl (C=O) groups excluding carboxylic acids is 4. The summed E-state index contributed by atoms with van der Waals surface area (Å²) < 4.78 is 0. The lowest BCUT2D eigenvalue weighted by Crippen LogP contribution is -2.40. The van der Waals surface area contributed by atoms with E-state index >= 15 is 0 Å². The summed E-state index contributed by atoms with van der Waals surface area (Å²) in [5.74, 6) is 7.40. The standard InChI is InChI=1S/C11H13N3O2.C5H9N3O2/c12-13-10(15)9-6-7-14(11(9)16)8-4-2-1-3-5-8;6-8-5(10)3-1-2-7-4(3)9/h1-5,9H,6-7,12H2,(H,13,15);3H,1-2,6H2,(H,7,9)(H,8,10). The second-order valence-corrected chi connectivity index (χ2v) is 5.82. The Balaban J connectivity index is 0.000000209. The highest BCUT2D eigenvalue weighted by molar-refractivity contribution is 6.09. The molecular formula is C16H22N6O4. The summed E-state index contributed by atoms with van der Waals surface area (Å²) >= 11 is 0. The number of rotatable bonds is 3. The number of nitrogens with one attached hydrogen (secondary N) is 3. The van der Waals surface area contributed by atoms with E-state index in [2.05, 4.69) is 5.32 Å². The Morgan fingerprint density at radius 2 is 1.62 bits per heavy atom. The molecule has 1 aromatic rings. The van der Waals surface area contributed by atoms with Gasteiger partial charge in [0, 0.05) is 18.8 Å². The SMILES string of the molecule is NNC(=O)C1CCN(c2ccccc2)C1=O.NNC(=O)C1CCNC1=O. The molecule has 0 saturated carbocycles. The second-order valence-electron chi connectivity index (χ2n) is 5.82. The average Bonchev–Trinajstić information content (AvgIpc) is 3.27. The van der Waals surface area contributed by atoms with Crippen molar-refractivity contribution in [2.45, 2.75) is 12.8 Å². The first-order valence-electron chi connectivity index (χ1n) is 8.14. The van der Waals surface area contributed by atoms with Gasteiger partial charge in [-0.05, 0) is 25.0 Å². The second kappa shape index (κ2) is 8.92. The molecule has 2 aliphatic rings. The Bertz CT molecular complexity index is 681. The number of hydrogen-bond acceptors (Lipinski definition) is 6. The van der Waals surface area contributed by atoms with E-state index in [9.17, 15) is 19.2 Å². The monoisotopic (exact) mass is 362 g/mol. The van der Waals surface area contributed by atoms with Crippen LogP contribution in [0.5, 0.6) is 0 Å². The third-order valence-electron chi connectivity index (χ3n) is 4.24. The quantitative estimate of drug-likeness (QED) is 0.183. The number of nitrogens with two attached hydrogens (primary N) is 2. The van der Waals surface area contributed by atoms with Crippen molar-refractivity contribution in [3.05, 3.63) is 30.3 Å². The third kappa shape index (κ3) is 4.35. The topological polar surface area (TPSA) is 160 Å². The molecule has 10 heteroatoms. The van der Waals surface area contributed by atoms with Gasteiger partial charge in [-0.25, -0.2) is 11.7 Å². The first-order valence-corrected chi connectivity index (χ1v) is 8.14. The first-order chi connectivity index (χ1) is 12.5. The predicted molar refractivity (Wildman–Crippen MR) is 92.7 cm³/mol. The van der Waals surface area contributed by atoms with Crippen molar-refractivity contribution < 1.29 is 19.2 Å². The van der Waals surface area contributed by atoms with Crippen LogP contribution in [-0.4, -0.2) is 36.7 Å². The summed E-state index contributed by atoms with van der Waals surface area (Å²) in [4.78, 5) is 46.3. The Hall–Kier alpha value is -2.98. The Morgan fingerprint density at radius 3 is 2.15 bits per heavy atom. The van der Waals surface area contributed by atoms with Crippen LogP contribution < -0.4 is 32.8 Å². The largest absolute Gasteiger partial charge is 0.355 e. The van der Waals surface area contributed by atoms with Crippen molar-refractivity contribution in [3.63, 3.8) is 0 Å².